The molecule has 2 rings (SSSR count). The molecule has 0 aliphatic carbocycles. The normalized spacial score (nSPS) is 14.3. The van der Waals surface area contributed by atoms with Crippen LogP contribution in [0.4, 0.5) is 0 Å². The van der Waals surface area contributed by atoms with Crippen molar-refractivity contribution in [3.63, 3.8) is 0 Å². The van der Waals surface area contributed by atoms with Crippen LogP contribution >= 0.6 is 15.9 Å². The van der Waals surface area contributed by atoms with Gasteiger partial charge in [0.25, 0.3) is 0 Å². The van der Waals surface area contributed by atoms with Gasteiger partial charge >= 0.3 is 0 Å². The van der Waals surface area contributed by atoms with E-state index in [9.17, 15) is 0 Å². The Morgan fingerprint density at radius 2 is 2.11 bits per heavy atom. The Hall–Kier alpha value is -1.20. The number of nitrogens with two attached hydrogens (primary N) is 1. The largest absolute Gasteiger partial charge is 0.337 e. The molecule has 102 valence electrons. The minimum Gasteiger partial charge on any atom is -0.337 e. The van der Waals surface area contributed by atoms with Gasteiger partial charge in [0.05, 0.1) is 5.54 Å². The van der Waals surface area contributed by atoms with E-state index in [2.05, 4.69) is 33.0 Å². The quantitative estimate of drug-likeness (QED) is 0.915. The average Bonchev–Trinajstić information content (AvgIpc) is 2.81. The number of aromatic nitrogens is 2. The van der Waals surface area contributed by atoms with Crippen molar-refractivity contribution >= 4 is 15.9 Å². The third kappa shape index (κ3) is 3.42. The molecule has 1 heterocycles. The van der Waals surface area contributed by atoms with Crippen molar-refractivity contribution in [3.8, 4) is 0 Å². The molecule has 2 N–H and O–H groups in total. The number of hydrogen-bond donors (Lipinski definition) is 1. The molecule has 1 aromatic heterocycles. The molecule has 2 aromatic rings. The van der Waals surface area contributed by atoms with E-state index in [4.69, 9.17) is 10.3 Å². The second-order valence-electron chi connectivity index (χ2n) is 4.95. The lowest BCUT2D eigenvalue weighted by Gasteiger charge is -2.18. The highest BCUT2D eigenvalue weighted by atomic mass is 79.9. The Kier molecular flexibility index (Phi) is 4.37. The van der Waals surface area contributed by atoms with Gasteiger partial charge in [0.15, 0.2) is 5.82 Å². The van der Waals surface area contributed by atoms with Crippen molar-refractivity contribution < 1.29 is 4.52 Å². The SMILES string of the molecule is CCCC(C)(N)c1nc(Cc2ccccc2Br)no1. The summed E-state index contributed by atoms with van der Waals surface area (Å²) in [4.78, 5) is 4.41. The summed E-state index contributed by atoms with van der Waals surface area (Å²) < 4.78 is 6.34. The molecule has 0 bridgehead atoms. The highest BCUT2D eigenvalue weighted by Gasteiger charge is 2.27. The summed E-state index contributed by atoms with van der Waals surface area (Å²) in [6.45, 7) is 4.01. The van der Waals surface area contributed by atoms with Gasteiger partial charge in [0, 0.05) is 10.9 Å². The monoisotopic (exact) mass is 323 g/mol. The molecular formula is C14H18BrN3O. The molecule has 0 saturated heterocycles. The second kappa shape index (κ2) is 5.84. The van der Waals surface area contributed by atoms with E-state index in [0.29, 0.717) is 18.1 Å². The Morgan fingerprint density at radius 1 is 1.37 bits per heavy atom. The minimum absolute atomic E-state index is 0.511. The number of rotatable bonds is 5. The molecule has 0 aliphatic heterocycles. The molecule has 0 spiro atoms. The van der Waals surface area contributed by atoms with Gasteiger partial charge in [-0.2, -0.15) is 4.98 Å². The summed E-state index contributed by atoms with van der Waals surface area (Å²) in [6.07, 6.45) is 2.44. The van der Waals surface area contributed by atoms with E-state index in [1.54, 1.807) is 0 Å². The first-order chi connectivity index (χ1) is 9.03. The summed E-state index contributed by atoms with van der Waals surface area (Å²) in [5.41, 5.74) is 6.76. The highest BCUT2D eigenvalue weighted by molar-refractivity contribution is 9.10. The Balaban J connectivity index is 2.16. The van der Waals surface area contributed by atoms with E-state index in [0.717, 1.165) is 22.9 Å². The molecule has 1 unspecified atom stereocenters. The van der Waals surface area contributed by atoms with Gasteiger partial charge in [-0.15, -0.1) is 0 Å². The average molecular weight is 324 g/mol. The van der Waals surface area contributed by atoms with Crippen molar-refractivity contribution in [1.82, 2.24) is 10.1 Å². The third-order valence-electron chi connectivity index (χ3n) is 3.03. The zero-order valence-electron chi connectivity index (χ0n) is 11.2. The van der Waals surface area contributed by atoms with Gasteiger partial charge in [-0.05, 0) is 25.0 Å². The van der Waals surface area contributed by atoms with E-state index in [1.165, 1.54) is 0 Å². The van der Waals surface area contributed by atoms with Gasteiger partial charge in [-0.1, -0.05) is 52.6 Å². The molecule has 1 aromatic carbocycles. The summed E-state index contributed by atoms with van der Waals surface area (Å²) >= 11 is 3.51. The third-order valence-corrected chi connectivity index (χ3v) is 3.81. The molecule has 5 heteroatoms. The molecule has 19 heavy (non-hydrogen) atoms. The lowest BCUT2D eigenvalue weighted by Crippen LogP contribution is -2.33. The van der Waals surface area contributed by atoms with E-state index < -0.39 is 5.54 Å². The van der Waals surface area contributed by atoms with Crippen molar-refractivity contribution in [2.45, 2.75) is 38.6 Å². The Labute approximate surface area is 121 Å². The Morgan fingerprint density at radius 3 is 2.79 bits per heavy atom. The fraction of sp³-hybridized carbons (Fsp3) is 0.429. The van der Waals surface area contributed by atoms with E-state index >= 15 is 0 Å². The topological polar surface area (TPSA) is 64.9 Å². The lowest BCUT2D eigenvalue weighted by molar-refractivity contribution is 0.282. The zero-order valence-corrected chi connectivity index (χ0v) is 12.8. The van der Waals surface area contributed by atoms with Crippen LogP contribution in [0.3, 0.4) is 0 Å². The van der Waals surface area contributed by atoms with Crippen LogP contribution < -0.4 is 5.73 Å². The summed E-state index contributed by atoms with van der Waals surface area (Å²) in [6, 6.07) is 8.01. The number of benzene rings is 1. The minimum atomic E-state index is -0.548. The molecule has 0 radical (unpaired) electrons. The number of hydrogen-bond acceptors (Lipinski definition) is 4. The van der Waals surface area contributed by atoms with Crippen LogP contribution in [0.15, 0.2) is 33.3 Å². The first-order valence-corrected chi connectivity index (χ1v) is 7.17. The van der Waals surface area contributed by atoms with Gasteiger partial charge in [-0.3, -0.25) is 0 Å². The molecular weight excluding hydrogens is 306 g/mol. The van der Waals surface area contributed by atoms with Crippen LogP contribution in [0.2, 0.25) is 0 Å². The standard InChI is InChI=1S/C14H18BrN3O/c1-3-8-14(2,16)13-17-12(18-19-13)9-10-6-4-5-7-11(10)15/h4-7H,3,8-9,16H2,1-2H3. The summed E-state index contributed by atoms with van der Waals surface area (Å²) in [7, 11) is 0. The summed E-state index contributed by atoms with van der Waals surface area (Å²) in [5.74, 6) is 1.17. The van der Waals surface area contributed by atoms with Crippen LogP contribution in [0, 0.1) is 0 Å². The molecule has 0 amide bonds. The van der Waals surface area contributed by atoms with Gasteiger partial charge in [-0.25, -0.2) is 0 Å². The van der Waals surface area contributed by atoms with E-state index in [-0.39, 0.29) is 0 Å². The van der Waals surface area contributed by atoms with Gasteiger partial charge < -0.3 is 10.3 Å². The zero-order chi connectivity index (χ0) is 13.9. The second-order valence-corrected chi connectivity index (χ2v) is 5.81. The van der Waals surface area contributed by atoms with Crippen molar-refractivity contribution in [2.24, 2.45) is 5.73 Å². The van der Waals surface area contributed by atoms with Crippen LogP contribution in [0.5, 0.6) is 0 Å². The van der Waals surface area contributed by atoms with Crippen molar-refractivity contribution in [3.05, 3.63) is 46.0 Å². The predicted molar refractivity (Wildman–Crippen MR) is 77.7 cm³/mol. The van der Waals surface area contributed by atoms with Crippen LogP contribution in [0.25, 0.3) is 0 Å². The van der Waals surface area contributed by atoms with Crippen molar-refractivity contribution in [1.29, 1.82) is 0 Å². The smallest absolute Gasteiger partial charge is 0.246 e. The molecule has 0 saturated carbocycles. The molecule has 0 fully saturated rings. The maximum atomic E-state index is 6.18. The number of halogens is 1. The van der Waals surface area contributed by atoms with Crippen LogP contribution in [0.1, 0.15) is 44.0 Å². The van der Waals surface area contributed by atoms with Crippen LogP contribution in [-0.2, 0) is 12.0 Å². The van der Waals surface area contributed by atoms with Gasteiger partial charge in [0.1, 0.15) is 0 Å². The fourth-order valence-corrected chi connectivity index (χ4v) is 2.42. The maximum Gasteiger partial charge on any atom is 0.246 e. The van der Waals surface area contributed by atoms with Crippen LogP contribution in [-0.4, -0.2) is 10.1 Å². The van der Waals surface area contributed by atoms with Crippen molar-refractivity contribution in [2.75, 3.05) is 0 Å². The first-order valence-electron chi connectivity index (χ1n) is 6.38. The summed E-state index contributed by atoms with van der Waals surface area (Å²) in [5, 5.41) is 4.01. The highest BCUT2D eigenvalue weighted by Crippen LogP contribution is 2.23. The Bertz CT molecular complexity index is 551. The molecule has 0 aliphatic rings. The lowest BCUT2D eigenvalue weighted by atomic mass is 9.98. The number of nitrogens with zero attached hydrogens (tertiary/aromatic N) is 2. The molecule has 4 nitrogen and oxygen atoms in total. The fourth-order valence-electron chi connectivity index (χ4n) is 2.00. The predicted octanol–water partition coefficient (Wildman–Crippen LogP) is 3.40. The van der Waals surface area contributed by atoms with Gasteiger partial charge in [0.2, 0.25) is 5.89 Å². The maximum absolute atomic E-state index is 6.18. The molecule has 1 atom stereocenters. The first kappa shape index (κ1) is 14.2. The van der Waals surface area contributed by atoms with E-state index in [1.807, 2.05) is 31.2 Å².